The molecule has 7 atom stereocenters. The topological polar surface area (TPSA) is 138 Å². The number of aliphatic hydroxyl groups is 2. The van der Waals surface area contributed by atoms with Crippen LogP contribution in [0.15, 0.2) is 90.1 Å². The highest BCUT2D eigenvalue weighted by molar-refractivity contribution is 6.03. The summed E-state index contributed by atoms with van der Waals surface area (Å²) >= 11 is 0. The number of carbonyl (C=O) groups excluding carboxylic acids is 1. The van der Waals surface area contributed by atoms with E-state index in [0.717, 1.165) is 49.7 Å². The summed E-state index contributed by atoms with van der Waals surface area (Å²) in [5.41, 5.74) is 3.35. The molecule has 3 aliphatic heterocycles. The van der Waals surface area contributed by atoms with Crippen molar-refractivity contribution in [3.8, 4) is 23.0 Å². The molecule has 1 amide bonds. The van der Waals surface area contributed by atoms with Crippen LogP contribution in [0, 0.1) is 23.6 Å². The molecule has 13 heteroatoms. The monoisotopic (exact) mass is 840 g/mol. The average Bonchev–Trinajstić information content (AvgIpc) is 3.77. The van der Waals surface area contributed by atoms with Gasteiger partial charge >= 0.3 is 0 Å². The molecule has 61 heavy (non-hydrogen) atoms. The van der Waals surface area contributed by atoms with Crippen LogP contribution >= 0.6 is 0 Å². The smallest absolute Gasteiger partial charge is 0.254 e. The highest BCUT2D eigenvalue weighted by atomic mass is 19.1. The lowest BCUT2D eigenvalue weighted by atomic mass is 9.55. The normalized spacial score (nSPS) is 26.7. The van der Waals surface area contributed by atoms with Crippen molar-refractivity contribution >= 4 is 11.6 Å². The third-order valence-corrected chi connectivity index (χ3v) is 12.8. The molecular weight excluding hydrogens is 784 g/mol. The van der Waals surface area contributed by atoms with E-state index in [9.17, 15) is 19.4 Å². The highest BCUT2D eigenvalue weighted by Crippen LogP contribution is 2.62. The number of rotatable bonds is 18. The Morgan fingerprint density at radius 1 is 1.00 bits per heavy atom. The molecule has 2 aliphatic carbocycles. The first-order valence-electron chi connectivity index (χ1n) is 21.7. The number of unbranched alkanes of at least 4 members (excludes halogenated alkanes) is 2. The van der Waals surface area contributed by atoms with Crippen molar-refractivity contribution in [2.45, 2.75) is 94.9 Å². The Morgan fingerprint density at radius 2 is 1.80 bits per heavy atom. The van der Waals surface area contributed by atoms with Crippen molar-refractivity contribution < 1.29 is 52.7 Å². The zero-order chi connectivity index (χ0) is 42.3. The van der Waals surface area contributed by atoms with Crippen molar-refractivity contribution in [2.24, 2.45) is 22.9 Å². The number of likely N-dealkylation sites (N-methyl/N-ethyl adjacent to an activating group) is 1. The summed E-state index contributed by atoms with van der Waals surface area (Å²) in [5, 5.41) is 24.7. The second-order valence-electron chi connectivity index (χ2n) is 16.5. The number of oxime groups is 1. The summed E-state index contributed by atoms with van der Waals surface area (Å²) in [4.78, 5) is 22.7. The van der Waals surface area contributed by atoms with Crippen LogP contribution in [0.3, 0.4) is 0 Å². The summed E-state index contributed by atoms with van der Waals surface area (Å²) in [6.07, 6.45) is 10.8. The fourth-order valence-electron chi connectivity index (χ4n) is 9.89. The summed E-state index contributed by atoms with van der Waals surface area (Å²) in [5.74, 6) is -0.516. The van der Waals surface area contributed by atoms with Gasteiger partial charge in [-0.3, -0.25) is 4.79 Å². The van der Waals surface area contributed by atoms with Crippen molar-refractivity contribution in [2.75, 3.05) is 40.3 Å². The average molecular weight is 841 g/mol. The minimum absolute atomic E-state index is 0.0210. The van der Waals surface area contributed by atoms with Crippen molar-refractivity contribution in [1.29, 1.82) is 0 Å². The fraction of sp³-hybridized carbons (Fsp3) is 0.500. The number of ether oxygens (including phenoxy) is 6. The van der Waals surface area contributed by atoms with E-state index in [-0.39, 0.29) is 69.1 Å². The Bertz CT molecular complexity index is 2090. The Kier molecular flexibility index (Phi) is 13.6. The molecule has 12 nitrogen and oxygen atoms in total. The Hall–Kier alpha value is -4.95. The van der Waals surface area contributed by atoms with Crippen LogP contribution in [0.4, 0.5) is 4.39 Å². The number of hydrogen-bond donors (Lipinski definition) is 2. The number of halogens is 1. The molecule has 2 N–H and O–H groups in total. The van der Waals surface area contributed by atoms with E-state index in [1.165, 1.54) is 6.07 Å². The molecule has 326 valence electrons. The molecule has 1 saturated carbocycles. The molecule has 1 unspecified atom stereocenters. The molecule has 1 saturated heterocycles. The molecule has 3 aromatic carbocycles. The number of fused-ring (bicyclic) bond motifs is 3. The molecule has 2 fully saturated rings. The Labute approximate surface area is 356 Å². The van der Waals surface area contributed by atoms with Crippen molar-refractivity contribution in [1.82, 2.24) is 4.90 Å². The van der Waals surface area contributed by atoms with Gasteiger partial charge in [0.1, 0.15) is 30.0 Å². The standard InChI is InChI=1S/C48H57FN2O10/c1-3-23-59-48-43(51(2)47(54)32-17-19-41-42(26-32)58-30-57-41)28-39(50-61-44-16-8-11-24-55-44)36-25-31(12-6-9-21-52)35(14-7-10-22-53)45(46(36)48)37-27-34(18-20-40(37)60-48)56-29-33-13-4-5-15-38(33)49/h3-5,13,15,17-20,25-27,31,35,43-46,52-53H,1,6-12,14,16,21-24,28-30H2,2H3/t31-,35+,43-,44?,45+,46+,48+/m0/s1. The molecular formula is C48H57FN2O10. The maximum Gasteiger partial charge on any atom is 0.254 e. The van der Waals surface area contributed by atoms with Gasteiger partial charge < -0.3 is 48.4 Å². The summed E-state index contributed by atoms with van der Waals surface area (Å²) in [6, 6.07) is 16.7. The lowest BCUT2D eigenvalue weighted by molar-refractivity contribution is -0.252. The number of allylic oxidation sites excluding steroid dienone is 1. The third kappa shape index (κ3) is 8.88. The fourth-order valence-corrected chi connectivity index (χ4v) is 9.89. The second-order valence-corrected chi connectivity index (χ2v) is 16.5. The van der Waals surface area contributed by atoms with Gasteiger partial charge in [0.15, 0.2) is 11.5 Å². The van der Waals surface area contributed by atoms with Crippen LogP contribution in [0.1, 0.15) is 91.6 Å². The summed E-state index contributed by atoms with van der Waals surface area (Å²) in [7, 11) is 1.76. The first kappa shape index (κ1) is 42.7. The highest BCUT2D eigenvalue weighted by Gasteiger charge is 2.65. The zero-order valence-electron chi connectivity index (χ0n) is 34.8. The van der Waals surface area contributed by atoms with Gasteiger partial charge in [-0.25, -0.2) is 4.39 Å². The predicted octanol–water partition coefficient (Wildman–Crippen LogP) is 8.07. The zero-order valence-corrected chi connectivity index (χ0v) is 34.8. The van der Waals surface area contributed by atoms with E-state index in [1.807, 2.05) is 18.2 Å². The molecule has 3 aromatic rings. The van der Waals surface area contributed by atoms with Gasteiger partial charge in [-0.05, 0) is 98.4 Å². The summed E-state index contributed by atoms with van der Waals surface area (Å²) < 4.78 is 52.5. The van der Waals surface area contributed by atoms with Gasteiger partial charge in [0, 0.05) is 55.7 Å². The lowest BCUT2D eigenvalue weighted by Crippen LogP contribution is -2.69. The number of carbonyl (C=O) groups is 1. The molecule has 0 radical (unpaired) electrons. The first-order chi connectivity index (χ1) is 29.8. The predicted molar refractivity (Wildman–Crippen MR) is 225 cm³/mol. The van der Waals surface area contributed by atoms with Crippen molar-refractivity contribution in [3.63, 3.8) is 0 Å². The number of hydrogen-bond acceptors (Lipinski definition) is 11. The summed E-state index contributed by atoms with van der Waals surface area (Å²) in [6.45, 7) is 5.01. The Balaban J connectivity index is 1.28. The van der Waals surface area contributed by atoms with E-state index in [1.54, 1.807) is 54.4 Å². The maximum atomic E-state index is 14.7. The molecule has 0 bridgehead atoms. The number of nitrogens with zero attached hydrogens (tertiary/aromatic N) is 2. The first-order valence-corrected chi connectivity index (χ1v) is 21.7. The molecule has 8 rings (SSSR count). The van der Waals surface area contributed by atoms with E-state index in [0.29, 0.717) is 65.7 Å². The van der Waals surface area contributed by atoms with E-state index in [2.05, 4.69) is 12.7 Å². The largest absolute Gasteiger partial charge is 0.489 e. The molecule has 0 aromatic heterocycles. The molecule has 3 heterocycles. The van der Waals surface area contributed by atoms with E-state index < -0.39 is 24.0 Å². The van der Waals surface area contributed by atoms with Crippen LogP contribution in [0.2, 0.25) is 0 Å². The van der Waals surface area contributed by atoms with Crippen LogP contribution in [-0.2, 0) is 20.9 Å². The number of aliphatic hydroxyl groups excluding tert-OH is 2. The maximum absolute atomic E-state index is 14.7. The van der Waals surface area contributed by atoms with Gasteiger partial charge in [-0.15, -0.1) is 6.58 Å². The number of amides is 1. The van der Waals surface area contributed by atoms with Crippen LogP contribution in [0.5, 0.6) is 23.0 Å². The minimum atomic E-state index is -1.43. The van der Waals surface area contributed by atoms with Gasteiger partial charge in [0.05, 0.1) is 24.8 Å². The SMILES string of the molecule is C=CCO[C@@]12Oc3ccc(OCc4ccccc4F)cc3[C@H]3[C@H](CCCCO)[C@@H](CCCCO)C=C(C(=NOC4CCCCO4)C[C@@H]1N(C)C(=O)c1ccc4c(c1)OCO4)[C@H]32. The third-order valence-electron chi connectivity index (χ3n) is 12.8. The second kappa shape index (κ2) is 19.4. The van der Waals surface area contributed by atoms with E-state index in [4.69, 9.17) is 38.4 Å². The Morgan fingerprint density at radius 3 is 2.59 bits per heavy atom. The van der Waals surface area contributed by atoms with Crippen LogP contribution < -0.4 is 18.9 Å². The van der Waals surface area contributed by atoms with Gasteiger partial charge in [0.2, 0.25) is 18.9 Å². The molecule has 5 aliphatic rings. The van der Waals surface area contributed by atoms with Gasteiger partial charge in [0.25, 0.3) is 5.91 Å². The minimum Gasteiger partial charge on any atom is -0.489 e. The molecule has 0 spiro atoms. The van der Waals surface area contributed by atoms with Gasteiger partial charge in [-0.1, -0.05) is 48.3 Å². The van der Waals surface area contributed by atoms with Gasteiger partial charge in [-0.2, -0.15) is 0 Å². The van der Waals surface area contributed by atoms with E-state index >= 15 is 0 Å². The lowest BCUT2D eigenvalue weighted by Gasteiger charge is -2.59. The van der Waals surface area contributed by atoms with Crippen molar-refractivity contribution in [3.05, 3.63) is 107 Å². The van der Waals surface area contributed by atoms with Crippen LogP contribution in [0.25, 0.3) is 0 Å². The quantitative estimate of drug-likeness (QED) is 0.0735. The number of benzene rings is 3. The van der Waals surface area contributed by atoms with Crippen LogP contribution in [-0.4, -0.2) is 85.1 Å².